The third-order valence-electron chi connectivity index (χ3n) is 3.74. The van der Waals surface area contributed by atoms with Crippen LogP contribution in [0.25, 0.3) is 6.08 Å². The maximum atomic E-state index is 12.1. The number of amides is 1. The summed E-state index contributed by atoms with van der Waals surface area (Å²) >= 11 is 0. The van der Waals surface area contributed by atoms with Gasteiger partial charge < -0.3 is 5.32 Å². The van der Waals surface area contributed by atoms with Crippen molar-refractivity contribution >= 4 is 17.8 Å². The molecule has 0 saturated heterocycles. The van der Waals surface area contributed by atoms with Crippen molar-refractivity contribution in [1.82, 2.24) is 5.32 Å². The maximum absolute atomic E-state index is 12.1. The van der Waals surface area contributed by atoms with Gasteiger partial charge in [0.25, 0.3) is 5.91 Å². The SMILES string of the molecule is Cc1ccc(C2=N/C(=C\c3ccc(C)cc3C)C(=O)N2)cc1. The Bertz CT molecular complexity index is 799. The van der Waals surface area contributed by atoms with Gasteiger partial charge >= 0.3 is 0 Å². The zero-order valence-electron chi connectivity index (χ0n) is 13.0. The first-order valence-corrected chi connectivity index (χ1v) is 7.29. The van der Waals surface area contributed by atoms with E-state index in [9.17, 15) is 4.79 Å². The van der Waals surface area contributed by atoms with E-state index in [-0.39, 0.29) is 5.91 Å². The van der Waals surface area contributed by atoms with Crippen LogP contribution in [0.1, 0.15) is 27.8 Å². The fourth-order valence-corrected chi connectivity index (χ4v) is 2.45. The summed E-state index contributed by atoms with van der Waals surface area (Å²) in [5, 5.41) is 2.83. The number of nitrogens with zero attached hydrogens (tertiary/aromatic N) is 1. The fourth-order valence-electron chi connectivity index (χ4n) is 2.45. The summed E-state index contributed by atoms with van der Waals surface area (Å²) in [5.74, 6) is 0.455. The molecule has 0 unspecified atom stereocenters. The second-order valence-corrected chi connectivity index (χ2v) is 5.67. The molecule has 0 saturated carbocycles. The third-order valence-corrected chi connectivity index (χ3v) is 3.74. The molecular weight excluding hydrogens is 272 g/mol. The molecule has 1 aliphatic rings. The predicted octanol–water partition coefficient (Wildman–Crippen LogP) is 3.53. The standard InChI is InChI=1S/C19H18N2O/c1-12-4-7-15(8-5-12)18-20-17(19(22)21-18)11-16-9-6-13(2)10-14(16)3/h4-11H,1-3H3,(H,20,21,22)/b17-11-. The summed E-state index contributed by atoms with van der Waals surface area (Å²) < 4.78 is 0. The Balaban J connectivity index is 1.95. The van der Waals surface area contributed by atoms with E-state index < -0.39 is 0 Å². The summed E-state index contributed by atoms with van der Waals surface area (Å²) in [6.45, 7) is 6.13. The number of rotatable bonds is 2. The number of amidine groups is 1. The molecular formula is C19H18N2O. The molecule has 0 bridgehead atoms. The van der Waals surface area contributed by atoms with Gasteiger partial charge in [-0.05, 0) is 38.0 Å². The Kier molecular flexibility index (Phi) is 3.63. The molecule has 3 heteroatoms. The van der Waals surface area contributed by atoms with Gasteiger partial charge in [0, 0.05) is 5.56 Å². The molecule has 22 heavy (non-hydrogen) atoms. The Morgan fingerprint density at radius 3 is 2.32 bits per heavy atom. The van der Waals surface area contributed by atoms with Crippen LogP contribution in [0.3, 0.4) is 0 Å². The highest BCUT2D eigenvalue weighted by atomic mass is 16.2. The van der Waals surface area contributed by atoms with Crippen molar-refractivity contribution in [2.45, 2.75) is 20.8 Å². The van der Waals surface area contributed by atoms with E-state index in [1.165, 1.54) is 11.1 Å². The molecule has 1 amide bonds. The lowest BCUT2D eigenvalue weighted by atomic mass is 10.0. The smallest absolute Gasteiger partial charge is 0.275 e. The van der Waals surface area contributed by atoms with Gasteiger partial charge in [-0.3, -0.25) is 4.79 Å². The predicted molar refractivity (Wildman–Crippen MR) is 89.8 cm³/mol. The van der Waals surface area contributed by atoms with Crippen LogP contribution in [0.4, 0.5) is 0 Å². The van der Waals surface area contributed by atoms with Crippen LogP contribution in [0.2, 0.25) is 0 Å². The lowest BCUT2D eigenvalue weighted by molar-refractivity contribution is -0.115. The van der Waals surface area contributed by atoms with E-state index in [1.54, 1.807) is 0 Å². The van der Waals surface area contributed by atoms with Crippen LogP contribution in [0.15, 0.2) is 53.2 Å². The second-order valence-electron chi connectivity index (χ2n) is 5.67. The highest BCUT2D eigenvalue weighted by Crippen LogP contribution is 2.18. The topological polar surface area (TPSA) is 41.5 Å². The Hall–Kier alpha value is -2.68. The van der Waals surface area contributed by atoms with Crippen molar-refractivity contribution in [2.24, 2.45) is 4.99 Å². The number of carbonyl (C=O) groups excluding carboxylic acids is 1. The van der Waals surface area contributed by atoms with Crippen molar-refractivity contribution in [3.05, 3.63) is 76.0 Å². The van der Waals surface area contributed by atoms with Crippen LogP contribution >= 0.6 is 0 Å². The molecule has 3 nitrogen and oxygen atoms in total. The van der Waals surface area contributed by atoms with Crippen molar-refractivity contribution in [3.8, 4) is 0 Å². The number of nitrogens with one attached hydrogen (secondary N) is 1. The molecule has 1 N–H and O–H groups in total. The molecule has 2 aromatic carbocycles. The van der Waals surface area contributed by atoms with Crippen LogP contribution in [0.5, 0.6) is 0 Å². The van der Waals surface area contributed by atoms with E-state index in [2.05, 4.69) is 23.3 Å². The van der Waals surface area contributed by atoms with Crippen LogP contribution in [0, 0.1) is 20.8 Å². The zero-order chi connectivity index (χ0) is 15.7. The van der Waals surface area contributed by atoms with Gasteiger partial charge in [-0.2, -0.15) is 0 Å². The molecule has 0 atom stereocenters. The van der Waals surface area contributed by atoms with Crippen LogP contribution in [-0.4, -0.2) is 11.7 Å². The van der Waals surface area contributed by atoms with E-state index >= 15 is 0 Å². The van der Waals surface area contributed by atoms with E-state index in [4.69, 9.17) is 0 Å². The molecule has 110 valence electrons. The summed E-state index contributed by atoms with van der Waals surface area (Å²) in [6.07, 6.45) is 1.84. The summed E-state index contributed by atoms with van der Waals surface area (Å²) in [7, 11) is 0. The molecule has 1 heterocycles. The van der Waals surface area contributed by atoms with Gasteiger partial charge in [-0.1, -0.05) is 53.6 Å². The number of hydrogen-bond donors (Lipinski definition) is 1. The van der Waals surface area contributed by atoms with Gasteiger partial charge in [0.2, 0.25) is 0 Å². The van der Waals surface area contributed by atoms with Crippen molar-refractivity contribution in [2.75, 3.05) is 0 Å². The molecule has 0 spiro atoms. The van der Waals surface area contributed by atoms with Gasteiger partial charge in [0.1, 0.15) is 11.5 Å². The van der Waals surface area contributed by atoms with Gasteiger partial charge in [0.05, 0.1) is 0 Å². The molecule has 0 fully saturated rings. The van der Waals surface area contributed by atoms with Gasteiger partial charge in [-0.25, -0.2) is 4.99 Å². The number of carbonyl (C=O) groups is 1. The highest BCUT2D eigenvalue weighted by molar-refractivity contribution is 6.19. The van der Waals surface area contributed by atoms with E-state index in [0.717, 1.165) is 16.7 Å². The Morgan fingerprint density at radius 2 is 1.64 bits per heavy atom. The molecule has 3 rings (SSSR count). The minimum absolute atomic E-state index is 0.157. The largest absolute Gasteiger partial charge is 0.305 e. The van der Waals surface area contributed by atoms with Crippen LogP contribution in [-0.2, 0) is 4.79 Å². The number of hydrogen-bond acceptors (Lipinski definition) is 2. The maximum Gasteiger partial charge on any atom is 0.275 e. The van der Waals surface area contributed by atoms with Crippen LogP contribution < -0.4 is 5.32 Å². The highest BCUT2D eigenvalue weighted by Gasteiger charge is 2.21. The summed E-state index contributed by atoms with van der Waals surface area (Å²) in [4.78, 5) is 16.6. The van der Waals surface area contributed by atoms with E-state index in [1.807, 2.05) is 56.3 Å². The first kappa shape index (κ1) is 14.3. The van der Waals surface area contributed by atoms with Gasteiger partial charge in [0.15, 0.2) is 0 Å². The normalized spacial score (nSPS) is 15.9. The van der Waals surface area contributed by atoms with Crippen molar-refractivity contribution in [3.63, 3.8) is 0 Å². The quantitative estimate of drug-likeness (QED) is 0.845. The Morgan fingerprint density at radius 1 is 0.955 bits per heavy atom. The first-order valence-electron chi connectivity index (χ1n) is 7.29. The molecule has 0 aromatic heterocycles. The fraction of sp³-hybridized carbons (Fsp3) is 0.158. The molecule has 0 aliphatic carbocycles. The molecule has 1 aliphatic heterocycles. The van der Waals surface area contributed by atoms with Crippen molar-refractivity contribution in [1.29, 1.82) is 0 Å². The lowest BCUT2D eigenvalue weighted by Gasteiger charge is -2.01. The monoisotopic (exact) mass is 290 g/mol. The number of aliphatic imine (C=N–C) groups is 1. The molecule has 0 radical (unpaired) electrons. The van der Waals surface area contributed by atoms with Crippen molar-refractivity contribution < 1.29 is 4.79 Å². The average molecular weight is 290 g/mol. The third kappa shape index (κ3) is 2.84. The zero-order valence-corrected chi connectivity index (χ0v) is 13.0. The van der Waals surface area contributed by atoms with E-state index in [0.29, 0.717) is 11.5 Å². The minimum atomic E-state index is -0.157. The summed E-state index contributed by atoms with van der Waals surface area (Å²) in [6, 6.07) is 14.1. The summed E-state index contributed by atoms with van der Waals surface area (Å²) in [5.41, 5.74) is 5.91. The second kappa shape index (κ2) is 5.60. The first-order chi connectivity index (χ1) is 10.5. The number of benzene rings is 2. The Labute approximate surface area is 130 Å². The number of aryl methyl sites for hydroxylation is 3. The van der Waals surface area contributed by atoms with Gasteiger partial charge in [-0.15, -0.1) is 0 Å². The minimum Gasteiger partial charge on any atom is -0.305 e. The lowest BCUT2D eigenvalue weighted by Crippen LogP contribution is -2.24. The average Bonchev–Trinajstić information content (AvgIpc) is 2.84. The molecule has 2 aromatic rings.